The molecular formula is C17H16N4O3. The van der Waals surface area contributed by atoms with Crippen LogP contribution in [0.3, 0.4) is 0 Å². The molecule has 122 valence electrons. The number of methoxy groups -OCH3 is 1. The molecule has 0 aliphatic heterocycles. The summed E-state index contributed by atoms with van der Waals surface area (Å²) in [5, 5.41) is 3.66. The quantitative estimate of drug-likeness (QED) is 0.693. The second kappa shape index (κ2) is 6.91. The van der Waals surface area contributed by atoms with E-state index in [4.69, 9.17) is 4.74 Å². The maximum atomic E-state index is 12.2. The number of H-pyrrole nitrogens is 1. The average Bonchev–Trinajstić information content (AvgIpc) is 3.04. The van der Waals surface area contributed by atoms with Crippen LogP contribution >= 0.6 is 0 Å². The minimum Gasteiger partial charge on any atom is -0.467 e. The van der Waals surface area contributed by atoms with E-state index in [1.54, 1.807) is 0 Å². The molecule has 2 aromatic heterocycles. The van der Waals surface area contributed by atoms with Crippen molar-refractivity contribution in [1.29, 1.82) is 0 Å². The van der Waals surface area contributed by atoms with E-state index in [1.807, 2.05) is 30.5 Å². The summed E-state index contributed by atoms with van der Waals surface area (Å²) >= 11 is 0. The van der Waals surface area contributed by atoms with Crippen LogP contribution < -0.4 is 5.32 Å². The predicted octanol–water partition coefficient (Wildman–Crippen LogP) is 1.47. The van der Waals surface area contributed by atoms with Gasteiger partial charge in [-0.15, -0.1) is 0 Å². The van der Waals surface area contributed by atoms with Gasteiger partial charge in [0.25, 0.3) is 5.91 Å². The number of aromatic nitrogens is 3. The number of esters is 1. The number of nitrogens with one attached hydrogen (secondary N) is 2. The number of ether oxygens (including phenoxy) is 1. The molecule has 1 amide bonds. The van der Waals surface area contributed by atoms with Crippen molar-refractivity contribution in [1.82, 2.24) is 20.3 Å². The molecule has 24 heavy (non-hydrogen) atoms. The molecule has 7 heteroatoms. The Kier molecular flexibility index (Phi) is 4.51. The highest BCUT2D eigenvalue weighted by molar-refractivity contribution is 5.95. The Hall–Kier alpha value is -3.22. The van der Waals surface area contributed by atoms with E-state index in [9.17, 15) is 9.59 Å². The summed E-state index contributed by atoms with van der Waals surface area (Å²) in [4.78, 5) is 35.2. The Morgan fingerprint density at radius 1 is 1.29 bits per heavy atom. The number of rotatable bonds is 5. The zero-order valence-corrected chi connectivity index (χ0v) is 13.0. The number of benzene rings is 1. The maximum absolute atomic E-state index is 12.2. The molecule has 0 bridgehead atoms. The number of carbonyl (C=O) groups excluding carboxylic acids is 2. The van der Waals surface area contributed by atoms with Gasteiger partial charge in [0.05, 0.1) is 13.3 Å². The van der Waals surface area contributed by atoms with E-state index in [1.165, 1.54) is 25.7 Å². The predicted molar refractivity (Wildman–Crippen MR) is 87.3 cm³/mol. The third-order valence-electron chi connectivity index (χ3n) is 3.69. The van der Waals surface area contributed by atoms with Crippen LogP contribution in [0.4, 0.5) is 0 Å². The summed E-state index contributed by atoms with van der Waals surface area (Å²) in [6.07, 6.45) is 6.37. The van der Waals surface area contributed by atoms with Crippen LogP contribution in [0.1, 0.15) is 16.1 Å². The molecule has 1 unspecified atom stereocenters. The molecule has 1 atom stereocenters. The first kappa shape index (κ1) is 15.7. The van der Waals surface area contributed by atoms with Gasteiger partial charge in [0.2, 0.25) is 0 Å². The summed E-state index contributed by atoms with van der Waals surface area (Å²) < 4.78 is 4.81. The number of para-hydroxylation sites is 1. The van der Waals surface area contributed by atoms with E-state index in [2.05, 4.69) is 20.3 Å². The average molecular weight is 324 g/mol. The van der Waals surface area contributed by atoms with Crippen molar-refractivity contribution in [2.24, 2.45) is 0 Å². The van der Waals surface area contributed by atoms with Gasteiger partial charge in [0.1, 0.15) is 11.7 Å². The van der Waals surface area contributed by atoms with Crippen molar-refractivity contribution in [3.05, 3.63) is 60.3 Å². The van der Waals surface area contributed by atoms with E-state index >= 15 is 0 Å². The number of fused-ring (bicyclic) bond motifs is 1. The van der Waals surface area contributed by atoms with Crippen molar-refractivity contribution in [3.8, 4) is 0 Å². The van der Waals surface area contributed by atoms with E-state index in [0.29, 0.717) is 6.42 Å². The third kappa shape index (κ3) is 3.24. The Morgan fingerprint density at radius 3 is 2.88 bits per heavy atom. The van der Waals surface area contributed by atoms with E-state index in [-0.39, 0.29) is 5.69 Å². The van der Waals surface area contributed by atoms with Gasteiger partial charge in [0, 0.05) is 35.9 Å². The Bertz CT molecular complexity index is 860. The lowest BCUT2D eigenvalue weighted by atomic mass is 10.0. The number of hydrogen-bond acceptors (Lipinski definition) is 5. The normalized spacial score (nSPS) is 11.9. The van der Waals surface area contributed by atoms with E-state index in [0.717, 1.165) is 16.5 Å². The van der Waals surface area contributed by atoms with Crippen LogP contribution in [-0.4, -0.2) is 40.0 Å². The Labute approximate surface area is 138 Å². The summed E-state index contributed by atoms with van der Waals surface area (Å²) in [5.74, 6) is -0.990. The summed E-state index contributed by atoms with van der Waals surface area (Å²) in [7, 11) is 1.29. The molecule has 7 nitrogen and oxygen atoms in total. The topological polar surface area (TPSA) is 97.0 Å². The monoisotopic (exact) mass is 324 g/mol. The molecule has 1 aromatic carbocycles. The van der Waals surface area contributed by atoms with Gasteiger partial charge >= 0.3 is 5.97 Å². The lowest BCUT2D eigenvalue weighted by molar-refractivity contribution is -0.142. The zero-order valence-electron chi connectivity index (χ0n) is 13.0. The maximum Gasteiger partial charge on any atom is 0.328 e. The molecule has 2 heterocycles. The third-order valence-corrected chi connectivity index (χ3v) is 3.69. The van der Waals surface area contributed by atoms with Crippen molar-refractivity contribution in [2.45, 2.75) is 12.5 Å². The number of hydrogen-bond donors (Lipinski definition) is 2. The first-order valence-corrected chi connectivity index (χ1v) is 7.38. The van der Waals surface area contributed by atoms with Gasteiger partial charge in [-0.3, -0.25) is 9.78 Å². The van der Waals surface area contributed by atoms with Crippen LogP contribution in [0.25, 0.3) is 10.9 Å². The molecule has 0 aliphatic rings. The first-order chi connectivity index (χ1) is 11.7. The Morgan fingerprint density at radius 2 is 2.12 bits per heavy atom. The van der Waals surface area contributed by atoms with Gasteiger partial charge in [-0.05, 0) is 11.6 Å². The molecule has 0 radical (unpaired) electrons. The number of nitrogens with zero attached hydrogens (tertiary/aromatic N) is 2. The van der Waals surface area contributed by atoms with Gasteiger partial charge in [-0.25, -0.2) is 9.78 Å². The van der Waals surface area contributed by atoms with Crippen LogP contribution in [0, 0.1) is 0 Å². The van der Waals surface area contributed by atoms with Gasteiger partial charge in [-0.2, -0.15) is 0 Å². The molecule has 3 rings (SSSR count). The van der Waals surface area contributed by atoms with Crippen LogP contribution in [0.5, 0.6) is 0 Å². The van der Waals surface area contributed by atoms with Crippen LogP contribution in [0.2, 0.25) is 0 Å². The smallest absolute Gasteiger partial charge is 0.328 e. The first-order valence-electron chi connectivity index (χ1n) is 7.38. The van der Waals surface area contributed by atoms with Crippen LogP contribution in [-0.2, 0) is 16.0 Å². The fourth-order valence-electron chi connectivity index (χ4n) is 2.50. The molecule has 0 fully saturated rings. The van der Waals surface area contributed by atoms with Crippen molar-refractivity contribution >= 4 is 22.8 Å². The minimum absolute atomic E-state index is 0.144. The SMILES string of the molecule is COC(=O)C(Cc1c[nH]c2ccccc12)NC(=O)c1cnccn1. The molecule has 0 saturated carbocycles. The summed E-state index contributed by atoms with van der Waals surface area (Å²) in [6, 6.07) is 6.94. The molecular weight excluding hydrogens is 308 g/mol. The van der Waals surface area contributed by atoms with E-state index < -0.39 is 17.9 Å². The fourth-order valence-corrected chi connectivity index (χ4v) is 2.50. The standard InChI is InChI=1S/C17H16N4O3/c1-24-17(23)14(21-16(22)15-10-18-6-7-19-15)8-11-9-20-13-5-3-2-4-12(11)13/h2-7,9-10,14,20H,8H2,1H3,(H,21,22). The highest BCUT2D eigenvalue weighted by Gasteiger charge is 2.24. The number of amides is 1. The lowest BCUT2D eigenvalue weighted by Crippen LogP contribution is -2.43. The zero-order chi connectivity index (χ0) is 16.9. The molecule has 3 aromatic rings. The molecule has 0 spiro atoms. The number of aromatic amines is 1. The molecule has 0 aliphatic carbocycles. The summed E-state index contributed by atoms with van der Waals surface area (Å²) in [6.45, 7) is 0. The molecule has 2 N–H and O–H groups in total. The fraction of sp³-hybridized carbons (Fsp3) is 0.176. The van der Waals surface area contributed by atoms with Crippen LogP contribution in [0.15, 0.2) is 49.1 Å². The highest BCUT2D eigenvalue weighted by atomic mass is 16.5. The van der Waals surface area contributed by atoms with Gasteiger partial charge in [-0.1, -0.05) is 18.2 Å². The van der Waals surface area contributed by atoms with Gasteiger partial charge < -0.3 is 15.0 Å². The Balaban J connectivity index is 1.82. The summed E-state index contributed by atoms with van der Waals surface area (Å²) in [5.41, 5.74) is 2.03. The largest absolute Gasteiger partial charge is 0.467 e. The highest BCUT2D eigenvalue weighted by Crippen LogP contribution is 2.19. The van der Waals surface area contributed by atoms with Gasteiger partial charge in [0.15, 0.2) is 0 Å². The minimum atomic E-state index is -0.816. The second-order valence-corrected chi connectivity index (χ2v) is 5.20. The number of carbonyl (C=O) groups is 2. The van der Waals surface area contributed by atoms with Crippen molar-refractivity contribution in [3.63, 3.8) is 0 Å². The van der Waals surface area contributed by atoms with Crippen molar-refractivity contribution < 1.29 is 14.3 Å². The molecule has 0 saturated heterocycles. The lowest BCUT2D eigenvalue weighted by Gasteiger charge is -2.16. The van der Waals surface area contributed by atoms with Crippen molar-refractivity contribution in [2.75, 3.05) is 7.11 Å². The second-order valence-electron chi connectivity index (χ2n) is 5.20.